The molecule has 1 unspecified atom stereocenters. The van der Waals surface area contributed by atoms with Crippen LogP contribution in [0.15, 0.2) is 28.7 Å². The molecule has 2 nitrogen and oxygen atoms in total. The summed E-state index contributed by atoms with van der Waals surface area (Å²) in [6.07, 6.45) is 1.04. The van der Waals surface area contributed by atoms with Crippen LogP contribution in [-0.4, -0.2) is 28.7 Å². The van der Waals surface area contributed by atoms with Gasteiger partial charge in [-0.25, -0.2) is 0 Å². The van der Waals surface area contributed by atoms with E-state index in [4.69, 9.17) is 0 Å². The van der Waals surface area contributed by atoms with Crippen LogP contribution in [0, 0.1) is 0 Å². The molecule has 1 atom stereocenters. The van der Waals surface area contributed by atoms with Crippen LogP contribution in [-0.2, 0) is 0 Å². The summed E-state index contributed by atoms with van der Waals surface area (Å²) in [5, 5.41) is 0. The highest BCUT2D eigenvalue weighted by atomic mass is 79.9. The average Bonchev–Trinajstić information content (AvgIpc) is 2.65. The van der Waals surface area contributed by atoms with Gasteiger partial charge in [-0.05, 0) is 30.7 Å². The second-order valence-electron chi connectivity index (χ2n) is 3.64. The molecule has 0 aromatic heterocycles. The van der Waals surface area contributed by atoms with Crippen molar-refractivity contribution in [2.45, 2.75) is 11.2 Å². The molecule has 2 rings (SSSR count). The average molecular weight is 333 g/mol. The maximum atomic E-state index is 12.0. The van der Waals surface area contributed by atoms with Gasteiger partial charge in [-0.3, -0.25) is 4.79 Å². The number of halogens is 2. The molecule has 1 aliphatic rings. The van der Waals surface area contributed by atoms with Gasteiger partial charge in [0.25, 0.3) is 5.91 Å². The molecule has 0 spiro atoms. The lowest BCUT2D eigenvalue weighted by atomic mass is 10.2. The molecule has 0 N–H and O–H groups in total. The number of amides is 1. The van der Waals surface area contributed by atoms with E-state index in [1.165, 1.54) is 0 Å². The Bertz CT molecular complexity index is 363. The van der Waals surface area contributed by atoms with Crippen LogP contribution in [0.4, 0.5) is 0 Å². The molecule has 1 heterocycles. The zero-order valence-corrected chi connectivity index (χ0v) is 11.3. The zero-order valence-electron chi connectivity index (χ0n) is 8.12. The van der Waals surface area contributed by atoms with E-state index in [1.807, 2.05) is 29.2 Å². The van der Waals surface area contributed by atoms with Crippen LogP contribution >= 0.6 is 31.9 Å². The Balaban J connectivity index is 2.11. The SMILES string of the molecule is O=C(c1ccc(Br)cc1)N1CCC(Br)C1. The third-order valence-corrected chi connectivity index (χ3v) is 3.79. The first-order valence-corrected chi connectivity index (χ1v) is 6.56. The van der Waals surface area contributed by atoms with Gasteiger partial charge in [0.1, 0.15) is 0 Å². The maximum absolute atomic E-state index is 12.0. The van der Waals surface area contributed by atoms with Gasteiger partial charge >= 0.3 is 0 Å². The van der Waals surface area contributed by atoms with Crippen molar-refractivity contribution in [1.82, 2.24) is 4.90 Å². The minimum atomic E-state index is 0.129. The summed E-state index contributed by atoms with van der Waals surface area (Å²) >= 11 is 6.88. The van der Waals surface area contributed by atoms with Crippen LogP contribution in [0.3, 0.4) is 0 Å². The smallest absolute Gasteiger partial charge is 0.253 e. The number of nitrogens with zero attached hydrogens (tertiary/aromatic N) is 1. The molecule has 1 fully saturated rings. The van der Waals surface area contributed by atoms with Gasteiger partial charge in [-0.15, -0.1) is 0 Å². The molecule has 0 bridgehead atoms. The summed E-state index contributed by atoms with van der Waals surface area (Å²) in [6.45, 7) is 1.67. The molecular formula is C11H11Br2NO. The van der Waals surface area contributed by atoms with Crippen LogP contribution in [0.2, 0.25) is 0 Å². The molecular weight excluding hydrogens is 322 g/mol. The predicted octanol–water partition coefficient (Wildman–Crippen LogP) is 3.06. The van der Waals surface area contributed by atoms with Gasteiger partial charge in [0.15, 0.2) is 0 Å². The molecule has 1 saturated heterocycles. The Hall–Kier alpha value is -0.350. The van der Waals surface area contributed by atoms with Crippen LogP contribution in [0.5, 0.6) is 0 Å². The fourth-order valence-electron chi connectivity index (χ4n) is 1.68. The molecule has 80 valence electrons. The van der Waals surface area contributed by atoms with Gasteiger partial charge in [-0.2, -0.15) is 0 Å². The standard InChI is InChI=1S/C11H11Br2NO/c12-9-3-1-8(2-4-9)11(15)14-6-5-10(13)7-14/h1-4,10H,5-7H2. The molecule has 1 amide bonds. The highest BCUT2D eigenvalue weighted by molar-refractivity contribution is 9.10. The second-order valence-corrected chi connectivity index (χ2v) is 5.85. The topological polar surface area (TPSA) is 20.3 Å². The lowest BCUT2D eigenvalue weighted by molar-refractivity contribution is 0.0793. The number of likely N-dealkylation sites (tertiary alicyclic amines) is 1. The number of carbonyl (C=O) groups excluding carboxylic acids is 1. The van der Waals surface area contributed by atoms with Crippen molar-refractivity contribution in [3.05, 3.63) is 34.3 Å². The summed E-state index contributed by atoms with van der Waals surface area (Å²) in [7, 11) is 0. The van der Waals surface area contributed by atoms with E-state index in [0.717, 1.165) is 29.5 Å². The number of carbonyl (C=O) groups is 1. The highest BCUT2D eigenvalue weighted by Gasteiger charge is 2.24. The van der Waals surface area contributed by atoms with Crippen LogP contribution in [0.25, 0.3) is 0 Å². The van der Waals surface area contributed by atoms with Crippen molar-refractivity contribution in [3.63, 3.8) is 0 Å². The number of rotatable bonds is 1. The van der Waals surface area contributed by atoms with Gasteiger partial charge in [0, 0.05) is 28.0 Å². The normalized spacial score (nSPS) is 20.7. The molecule has 15 heavy (non-hydrogen) atoms. The summed E-state index contributed by atoms with van der Waals surface area (Å²) in [4.78, 5) is 14.3. The van der Waals surface area contributed by atoms with Crippen LogP contribution < -0.4 is 0 Å². The zero-order chi connectivity index (χ0) is 10.8. The summed E-state index contributed by atoms with van der Waals surface area (Å²) < 4.78 is 0.999. The van der Waals surface area contributed by atoms with E-state index < -0.39 is 0 Å². The first kappa shape index (κ1) is 11.1. The minimum Gasteiger partial charge on any atom is -0.337 e. The van der Waals surface area contributed by atoms with Gasteiger partial charge in [0.2, 0.25) is 0 Å². The van der Waals surface area contributed by atoms with Gasteiger partial charge in [-0.1, -0.05) is 31.9 Å². The number of hydrogen-bond acceptors (Lipinski definition) is 1. The fraction of sp³-hybridized carbons (Fsp3) is 0.364. The molecule has 1 aromatic carbocycles. The first-order chi connectivity index (χ1) is 7.16. The first-order valence-electron chi connectivity index (χ1n) is 4.86. The quantitative estimate of drug-likeness (QED) is 0.724. The number of benzene rings is 1. The Labute approximate surface area is 106 Å². The Morgan fingerprint density at radius 1 is 1.33 bits per heavy atom. The van der Waals surface area contributed by atoms with E-state index in [-0.39, 0.29) is 5.91 Å². The summed E-state index contributed by atoms with van der Waals surface area (Å²) in [6, 6.07) is 7.51. The van der Waals surface area contributed by atoms with Crippen molar-refractivity contribution in [2.75, 3.05) is 13.1 Å². The molecule has 4 heteroatoms. The number of alkyl halides is 1. The molecule has 1 aromatic rings. The monoisotopic (exact) mass is 331 g/mol. The maximum Gasteiger partial charge on any atom is 0.253 e. The Kier molecular flexibility index (Phi) is 3.46. The molecule has 1 aliphatic heterocycles. The Morgan fingerprint density at radius 3 is 2.53 bits per heavy atom. The predicted molar refractivity (Wildman–Crippen MR) is 67.4 cm³/mol. The van der Waals surface area contributed by atoms with E-state index >= 15 is 0 Å². The van der Waals surface area contributed by atoms with Gasteiger partial charge in [0.05, 0.1) is 0 Å². The summed E-state index contributed by atoms with van der Waals surface area (Å²) in [5.74, 6) is 0.129. The van der Waals surface area contributed by atoms with Crippen molar-refractivity contribution < 1.29 is 4.79 Å². The highest BCUT2D eigenvalue weighted by Crippen LogP contribution is 2.19. The van der Waals surface area contributed by atoms with E-state index in [9.17, 15) is 4.79 Å². The lowest BCUT2D eigenvalue weighted by Crippen LogP contribution is -2.28. The van der Waals surface area contributed by atoms with Crippen molar-refractivity contribution >= 4 is 37.8 Å². The third-order valence-electron chi connectivity index (χ3n) is 2.51. The van der Waals surface area contributed by atoms with Crippen molar-refractivity contribution in [1.29, 1.82) is 0 Å². The van der Waals surface area contributed by atoms with Crippen molar-refractivity contribution in [2.24, 2.45) is 0 Å². The van der Waals surface area contributed by atoms with Crippen LogP contribution in [0.1, 0.15) is 16.8 Å². The number of hydrogen-bond donors (Lipinski definition) is 0. The third kappa shape index (κ3) is 2.61. The lowest BCUT2D eigenvalue weighted by Gasteiger charge is -2.15. The van der Waals surface area contributed by atoms with Crippen molar-refractivity contribution in [3.8, 4) is 0 Å². The minimum absolute atomic E-state index is 0.129. The largest absolute Gasteiger partial charge is 0.337 e. The Morgan fingerprint density at radius 2 is 2.00 bits per heavy atom. The molecule has 0 radical (unpaired) electrons. The molecule has 0 saturated carbocycles. The second kappa shape index (κ2) is 4.66. The summed E-state index contributed by atoms with van der Waals surface area (Å²) in [5.41, 5.74) is 0.764. The fourth-order valence-corrected chi connectivity index (χ4v) is 2.50. The van der Waals surface area contributed by atoms with Gasteiger partial charge < -0.3 is 4.90 Å². The van der Waals surface area contributed by atoms with E-state index in [2.05, 4.69) is 31.9 Å². The van der Waals surface area contributed by atoms with E-state index in [1.54, 1.807) is 0 Å². The van der Waals surface area contributed by atoms with E-state index in [0.29, 0.717) is 4.83 Å². The molecule has 0 aliphatic carbocycles.